The molecule has 0 bridgehead atoms. The molecule has 15 heteroatoms. The maximum absolute atomic E-state index is 13.1. The Hall–Kier alpha value is -3.84. The normalized spacial score (nSPS) is 13.3. The lowest BCUT2D eigenvalue weighted by atomic mass is 10.1. The molecule has 202 valence electrons. The molecule has 0 atom stereocenters. The Morgan fingerprint density at radius 2 is 1.97 bits per heavy atom. The van der Waals surface area contributed by atoms with Gasteiger partial charge in [0.05, 0.1) is 5.56 Å². The number of amides is 3. The molecule has 2 heterocycles. The average molecular weight is 546 g/mol. The van der Waals surface area contributed by atoms with Crippen molar-refractivity contribution in [2.45, 2.75) is 39.7 Å². The number of carbonyl (C=O) groups is 3. The fourth-order valence-electron chi connectivity index (χ4n) is 3.72. The number of phosphoric acid groups is 1. The summed E-state index contributed by atoms with van der Waals surface area (Å²) in [7, 11) is -4.84. The van der Waals surface area contributed by atoms with Gasteiger partial charge in [0, 0.05) is 30.0 Å². The van der Waals surface area contributed by atoms with E-state index in [4.69, 9.17) is 9.79 Å². The average Bonchev–Trinajstić information content (AvgIpc) is 3.60. The first-order valence-corrected chi connectivity index (χ1v) is 13.2. The van der Waals surface area contributed by atoms with Crippen molar-refractivity contribution in [3.63, 3.8) is 0 Å². The Balaban J connectivity index is 1.57. The quantitative estimate of drug-likeness (QED) is 0.228. The summed E-state index contributed by atoms with van der Waals surface area (Å²) in [6, 6.07) is 4.96. The van der Waals surface area contributed by atoms with Crippen molar-refractivity contribution in [1.82, 2.24) is 24.8 Å². The number of carbonyl (C=O) groups excluding carboxylic acids is 3. The molecule has 0 spiro atoms. The van der Waals surface area contributed by atoms with E-state index in [1.807, 2.05) is 6.92 Å². The number of rotatable bonds is 9. The third kappa shape index (κ3) is 6.17. The summed E-state index contributed by atoms with van der Waals surface area (Å²) in [5, 5.41) is 10.4. The minimum Gasteiger partial charge on any atom is -0.421 e. The zero-order valence-electron chi connectivity index (χ0n) is 20.9. The molecule has 38 heavy (non-hydrogen) atoms. The van der Waals surface area contributed by atoms with Crippen LogP contribution in [0.3, 0.4) is 0 Å². The number of ether oxygens (including phenoxy) is 1. The SMILES string of the molecule is CCN(C(=O)OCOP(=O)(O)O)C(=O)c1ccc(C)c(Nc2ncnn3cc(C(=O)NC4CC4)c(C)c23)c1. The van der Waals surface area contributed by atoms with Crippen molar-refractivity contribution >= 4 is 42.8 Å². The van der Waals surface area contributed by atoms with Gasteiger partial charge in [-0.2, -0.15) is 5.10 Å². The molecule has 1 aliphatic carbocycles. The molecule has 0 unspecified atom stereocenters. The van der Waals surface area contributed by atoms with E-state index in [0.717, 1.165) is 23.3 Å². The smallest absolute Gasteiger partial charge is 0.421 e. The van der Waals surface area contributed by atoms with Crippen molar-refractivity contribution < 1.29 is 38.0 Å². The number of benzene rings is 1. The van der Waals surface area contributed by atoms with Gasteiger partial charge in [0.1, 0.15) is 11.8 Å². The Kier molecular flexibility index (Phi) is 7.78. The lowest BCUT2D eigenvalue weighted by Gasteiger charge is -2.19. The molecule has 1 fully saturated rings. The van der Waals surface area contributed by atoms with Crippen LogP contribution in [0.4, 0.5) is 16.3 Å². The van der Waals surface area contributed by atoms with E-state index in [2.05, 4.69) is 30.0 Å². The van der Waals surface area contributed by atoms with Crippen LogP contribution in [0.15, 0.2) is 30.7 Å². The van der Waals surface area contributed by atoms with Gasteiger partial charge in [-0.15, -0.1) is 0 Å². The van der Waals surface area contributed by atoms with E-state index in [9.17, 15) is 18.9 Å². The van der Waals surface area contributed by atoms with E-state index in [-0.39, 0.29) is 24.1 Å². The molecule has 4 rings (SSSR count). The van der Waals surface area contributed by atoms with Crippen LogP contribution < -0.4 is 10.6 Å². The molecule has 0 radical (unpaired) electrons. The zero-order chi connectivity index (χ0) is 27.6. The van der Waals surface area contributed by atoms with Crippen molar-refractivity contribution in [1.29, 1.82) is 0 Å². The van der Waals surface area contributed by atoms with Crippen LogP contribution in [0, 0.1) is 13.8 Å². The third-order valence-electron chi connectivity index (χ3n) is 5.91. The van der Waals surface area contributed by atoms with Gasteiger partial charge < -0.3 is 25.2 Å². The first-order valence-electron chi connectivity index (χ1n) is 11.7. The molecule has 1 aliphatic rings. The Bertz CT molecular complexity index is 1450. The maximum atomic E-state index is 13.1. The third-order valence-corrected chi connectivity index (χ3v) is 6.35. The molecule has 14 nitrogen and oxygen atoms in total. The minimum atomic E-state index is -4.84. The molecule has 2 aromatic heterocycles. The van der Waals surface area contributed by atoms with Gasteiger partial charge in [-0.25, -0.2) is 28.3 Å². The highest BCUT2D eigenvalue weighted by Gasteiger charge is 2.27. The van der Waals surface area contributed by atoms with Crippen molar-refractivity contribution in [3.05, 3.63) is 53.0 Å². The summed E-state index contributed by atoms with van der Waals surface area (Å²) < 4.78 is 21.1. The Labute approximate surface area is 217 Å². The van der Waals surface area contributed by atoms with Gasteiger partial charge in [0.25, 0.3) is 11.8 Å². The van der Waals surface area contributed by atoms with E-state index in [1.54, 1.807) is 30.6 Å². The minimum absolute atomic E-state index is 0.0637. The summed E-state index contributed by atoms with van der Waals surface area (Å²) in [4.78, 5) is 60.6. The first-order chi connectivity index (χ1) is 18.0. The molecule has 1 saturated carbocycles. The summed E-state index contributed by atoms with van der Waals surface area (Å²) in [6.45, 7) is 4.08. The highest BCUT2D eigenvalue weighted by atomic mass is 31.2. The maximum Gasteiger partial charge on any atom is 0.472 e. The fraction of sp³-hybridized carbons (Fsp3) is 0.348. The number of fused-ring (bicyclic) bond motifs is 1. The van der Waals surface area contributed by atoms with Gasteiger partial charge in [0.2, 0.25) is 6.79 Å². The van der Waals surface area contributed by atoms with Gasteiger partial charge >= 0.3 is 13.9 Å². The lowest BCUT2D eigenvalue weighted by molar-refractivity contribution is 0.0211. The summed E-state index contributed by atoms with van der Waals surface area (Å²) in [5.74, 6) is -0.456. The van der Waals surface area contributed by atoms with Crippen LogP contribution in [0.1, 0.15) is 51.6 Å². The number of phosphoric ester groups is 1. The molecular weight excluding hydrogens is 519 g/mol. The largest absolute Gasteiger partial charge is 0.472 e. The summed E-state index contributed by atoms with van der Waals surface area (Å²) in [5.41, 5.74) is 3.21. The number of hydrogen-bond acceptors (Lipinski definition) is 9. The molecule has 0 aliphatic heterocycles. The number of hydrogen-bond donors (Lipinski definition) is 4. The van der Waals surface area contributed by atoms with Crippen molar-refractivity contribution in [2.75, 3.05) is 18.7 Å². The van der Waals surface area contributed by atoms with E-state index < -0.39 is 26.6 Å². The van der Waals surface area contributed by atoms with Crippen LogP contribution in [-0.2, 0) is 13.8 Å². The fourth-order valence-corrected chi connectivity index (χ4v) is 3.91. The summed E-state index contributed by atoms with van der Waals surface area (Å²) in [6.07, 6.45) is 3.79. The van der Waals surface area contributed by atoms with E-state index in [1.165, 1.54) is 18.5 Å². The molecule has 4 N–H and O–H groups in total. The van der Waals surface area contributed by atoms with E-state index >= 15 is 0 Å². The second-order valence-electron chi connectivity index (χ2n) is 8.67. The number of imide groups is 1. The van der Waals surface area contributed by atoms with Crippen LogP contribution in [0.5, 0.6) is 0 Å². The molecule has 3 amide bonds. The highest BCUT2D eigenvalue weighted by molar-refractivity contribution is 7.46. The highest BCUT2D eigenvalue weighted by Crippen LogP contribution is 2.35. The Morgan fingerprint density at radius 3 is 2.63 bits per heavy atom. The number of nitrogens with zero attached hydrogens (tertiary/aromatic N) is 4. The molecule has 0 saturated heterocycles. The number of aryl methyl sites for hydroxylation is 2. The van der Waals surface area contributed by atoms with Gasteiger partial charge in [-0.05, 0) is 56.9 Å². The lowest BCUT2D eigenvalue weighted by Crippen LogP contribution is -2.37. The second kappa shape index (κ2) is 10.9. The number of anilines is 2. The van der Waals surface area contributed by atoms with Gasteiger partial charge in [0.15, 0.2) is 5.82 Å². The molecule has 3 aromatic rings. The Morgan fingerprint density at radius 1 is 1.24 bits per heavy atom. The predicted octanol–water partition coefficient (Wildman–Crippen LogP) is 2.65. The van der Waals surface area contributed by atoms with Crippen molar-refractivity contribution in [2.24, 2.45) is 0 Å². The van der Waals surface area contributed by atoms with Crippen LogP contribution >= 0.6 is 7.82 Å². The molecular formula is C23H27N6O8P. The second-order valence-corrected chi connectivity index (χ2v) is 9.91. The first kappa shape index (κ1) is 27.2. The van der Waals surface area contributed by atoms with Gasteiger partial charge in [-0.3, -0.25) is 9.59 Å². The monoisotopic (exact) mass is 546 g/mol. The standard InChI is InChI=1S/C23H27N6O8P/c1-4-28(23(32)36-12-37-38(33,34)35)22(31)15-6-5-13(2)18(9-15)27-20-19-14(3)17(10-29(19)25-11-24-20)21(30)26-16-7-8-16/h5-6,9-11,16H,4,7-8,12H2,1-3H3,(H,26,30)(H,24,25,27)(H2,33,34,35). The topological polar surface area (TPSA) is 185 Å². The van der Waals surface area contributed by atoms with Crippen LogP contribution in [0.25, 0.3) is 5.52 Å². The predicted molar refractivity (Wildman–Crippen MR) is 134 cm³/mol. The number of nitrogens with one attached hydrogen (secondary N) is 2. The summed E-state index contributed by atoms with van der Waals surface area (Å²) >= 11 is 0. The van der Waals surface area contributed by atoms with E-state index in [0.29, 0.717) is 28.1 Å². The molecule has 1 aromatic carbocycles. The number of aromatic nitrogens is 3. The van der Waals surface area contributed by atoms with Crippen LogP contribution in [0.2, 0.25) is 0 Å². The van der Waals surface area contributed by atoms with Crippen molar-refractivity contribution in [3.8, 4) is 0 Å². The zero-order valence-corrected chi connectivity index (χ0v) is 21.8. The van der Waals surface area contributed by atoms with Gasteiger partial charge in [-0.1, -0.05) is 6.07 Å². The van der Waals surface area contributed by atoms with Crippen LogP contribution in [-0.4, -0.2) is 66.6 Å².